The summed E-state index contributed by atoms with van der Waals surface area (Å²) in [5.74, 6) is -0.328. The van der Waals surface area contributed by atoms with E-state index < -0.39 is 5.54 Å². The van der Waals surface area contributed by atoms with E-state index in [1.165, 1.54) is 9.80 Å². The van der Waals surface area contributed by atoms with Crippen molar-refractivity contribution >= 4 is 46.0 Å². The lowest BCUT2D eigenvalue weighted by Gasteiger charge is -2.29. The molecule has 1 heterocycles. The number of nitriles is 1. The molecule has 0 saturated carbocycles. The Morgan fingerprint density at radius 1 is 1.50 bits per heavy atom. The van der Waals surface area contributed by atoms with Crippen molar-refractivity contribution in [2.45, 2.75) is 19.4 Å². The van der Waals surface area contributed by atoms with Gasteiger partial charge in [0, 0.05) is 7.05 Å². The molecule has 0 unspecified atom stereocenters. The van der Waals surface area contributed by atoms with Gasteiger partial charge in [-0.05, 0) is 26.0 Å². The molecular weight excluding hydrogens is 348 g/mol. The molecule has 1 aromatic carbocycles. The van der Waals surface area contributed by atoms with Crippen molar-refractivity contribution in [1.29, 1.82) is 5.26 Å². The Balaban J connectivity index is 2.10. The molecule has 0 spiro atoms. The van der Waals surface area contributed by atoms with E-state index in [0.29, 0.717) is 15.9 Å². The molecule has 0 N–H and O–H groups in total. The van der Waals surface area contributed by atoms with Gasteiger partial charge in [-0.2, -0.15) is 5.26 Å². The average Bonchev–Trinajstić information content (AvgIpc) is 2.93. The van der Waals surface area contributed by atoms with E-state index in [2.05, 4.69) is 11.1 Å². The van der Waals surface area contributed by atoms with Crippen molar-refractivity contribution in [2.75, 3.05) is 24.2 Å². The van der Waals surface area contributed by atoms with Gasteiger partial charge >= 0.3 is 0 Å². The number of nitrogens with zero attached hydrogens (tertiary/aromatic N) is 4. The summed E-state index contributed by atoms with van der Waals surface area (Å²) in [5.41, 5.74) is -0.348. The number of thioether (sulfide) groups is 1. The number of carbonyl (C=O) groups is 2. The predicted molar refractivity (Wildman–Crippen MR) is 96.2 cm³/mol. The predicted octanol–water partition coefficient (Wildman–Crippen LogP) is 2.54. The number of carbonyl (C=O) groups excluding carboxylic acids is 2. The maximum Gasteiger partial charge on any atom is 0.254 e. The summed E-state index contributed by atoms with van der Waals surface area (Å²) in [6, 6.07) is 9.06. The number of para-hydroxylation sites is 1. The maximum absolute atomic E-state index is 12.3. The molecule has 0 saturated heterocycles. The zero-order valence-electron chi connectivity index (χ0n) is 13.6. The van der Waals surface area contributed by atoms with Gasteiger partial charge in [0.1, 0.15) is 12.1 Å². The van der Waals surface area contributed by atoms with Crippen LogP contribution in [-0.4, -0.2) is 46.8 Å². The summed E-state index contributed by atoms with van der Waals surface area (Å²) in [6.07, 6.45) is 0. The van der Waals surface area contributed by atoms with Crippen molar-refractivity contribution in [3.8, 4) is 6.07 Å². The molecule has 0 fully saturated rings. The fourth-order valence-corrected chi connectivity index (χ4v) is 3.13. The molecule has 0 aliphatic carbocycles. The lowest BCUT2D eigenvalue weighted by Crippen LogP contribution is -2.45. The van der Waals surface area contributed by atoms with Gasteiger partial charge in [-0.3, -0.25) is 19.5 Å². The van der Waals surface area contributed by atoms with Crippen molar-refractivity contribution in [2.24, 2.45) is 4.99 Å². The van der Waals surface area contributed by atoms with Crippen LogP contribution in [0, 0.1) is 11.3 Å². The van der Waals surface area contributed by atoms with Gasteiger partial charge in [0.15, 0.2) is 5.17 Å². The SMILES string of the molecule is CN(C(=O)CSC1=NCC(=O)N1c1ccccc1Cl)C(C)(C)C#N. The lowest BCUT2D eigenvalue weighted by molar-refractivity contribution is -0.130. The Hall–Kier alpha value is -2.04. The molecular formula is C16H17ClN4O2S. The van der Waals surface area contributed by atoms with E-state index in [1.807, 2.05) is 0 Å². The van der Waals surface area contributed by atoms with Crippen LogP contribution in [-0.2, 0) is 9.59 Å². The van der Waals surface area contributed by atoms with Crippen LogP contribution in [0.1, 0.15) is 13.8 Å². The summed E-state index contributed by atoms with van der Waals surface area (Å²) in [4.78, 5) is 31.4. The second-order valence-corrected chi connectivity index (χ2v) is 7.04. The minimum absolute atomic E-state index is 0.0290. The first kappa shape index (κ1) is 18.3. The summed E-state index contributed by atoms with van der Waals surface area (Å²) in [6.45, 7) is 3.37. The van der Waals surface area contributed by atoms with Crippen molar-refractivity contribution in [1.82, 2.24) is 4.90 Å². The van der Waals surface area contributed by atoms with Crippen LogP contribution in [0.4, 0.5) is 5.69 Å². The third kappa shape index (κ3) is 3.71. The Morgan fingerprint density at radius 3 is 2.79 bits per heavy atom. The van der Waals surface area contributed by atoms with Gasteiger partial charge in [0.2, 0.25) is 5.91 Å². The Kier molecular flexibility index (Phi) is 5.52. The number of halogens is 1. The first-order valence-electron chi connectivity index (χ1n) is 7.20. The van der Waals surface area contributed by atoms with E-state index in [1.54, 1.807) is 45.2 Å². The zero-order valence-corrected chi connectivity index (χ0v) is 15.2. The normalized spacial score (nSPS) is 14.4. The topological polar surface area (TPSA) is 76.8 Å². The molecule has 0 bridgehead atoms. The Morgan fingerprint density at radius 2 is 2.17 bits per heavy atom. The highest BCUT2D eigenvalue weighted by atomic mass is 35.5. The second kappa shape index (κ2) is 7.24. The van der Waals surface area contributed by atoms with Gasteiger partial charge in [-0.1, -0.05) is 35.5 Å². The van der Waals surface area contributed by atoms with Crippen LogP contribution < -0.4 is 4.90 Å². The van der Waals surface area contributed by atoms with Gasteiger partial charge in [-0.25, -0.2) is 0 Å². The molecule has 1 aromatic rings. The third-order valence-electron chi connectivity index (χ3n) is 3.69. The molecule has 8 heteroatoms. The Labute approximate surface area is 150 Å². The smallest absolute Gasteiger partial charge is 0.254 e. The highest BCUT2D eigenvalue weighted by Gasteiger charge is 2.31. The summed E-state index contributed by atoms with van der Waals surface area (Å²) in [7, 11) is 1.58. The highest BCUT2D eigenvalue weighted by Crippen LogP contribution is 2.30. The number of aliphatic imine (C=N–C) groups is 1. The van der Waals surface area contributed by atoms with Crippen LogP contribution >= 0.6 is 23.4 Å². The van der Waals surface area contributed by atoms with Crippen LogP contribution in [0.25, 0.3) is 0 Å². The maximum atomic E-state index is 12.3. The number of amidine groups is 1. The zero-order chi connectivity index (χ0) is 17.9. The van der Waals surface area contributed by atoms with E-state index in [0.717, 1.165) is 11.8 Å². The molecule has 1 aliphatic heterocycles. The molecule has 2 rings (SSSR count). The first-order chi connectivity index (χ1) is 11.3. The van der Waals surface area contributed by atoms with Crippen LogP contribution in [0.15, 0.2) is 29.3 Å². The van der Waals surface area contributed by atoms with E-state index in [4.69, 9.17) is 16.9 Å². The summed E-state index contributed by atoms with van der Waals surface area (Å²) in [5, 5.41) is 9.98. The van der Waals surface area contributed by atoms with Gasteiger partial charge in [0.05, 0.1) is 22.5 Å². The molecule has 2 amide bonds. The van der Waals surface area contributed by atoms with Crippen molar-refractivity contribution < 1.29 is 9.59 Å². The minimum Gasteiger partial charge on any atom is -0.327 e. The Bertz CT molecular complexity index is 742. The molecule has 1 aliphatic rings. The number of rotatable bonds is 4. The highest BCUT2D eigenvalue weighted by molar-refractivity contribution is 8.14. The van der Waals surface area contributed by atoms with E-state index >= 15 is 0 Å². The molecule has 24 heavy (non-hydrogen) atoms. The number of amides is 2. The fourth-order valence-electron chi connectivity index (χ4n) is 1.97. The van der Waals surface area contributed by atoms with Crippen LogP contribution in [0.2, 0.25) is 5.02 Å². The number of anilines is 1. The molecule has 6 nitrogen and oxygen atoms in total. The number of hydrogen-bond acceptors (Lipinski definition) is 5. The molecule has 0 aromatic heterocycles. The first-order valence-corrected chi connectivity index (χ1v) is 8.57. The van der Waals surface area contributed by atoms with Gasteiger partial charge < -0.3 is 4.90 Å². The van der Waals surface area contributed by atoms with Crippen LogP contribution in [0.5, 0.6) is 0 Å². The standard InChI is InChI=1S/C16H17ClN4O2S/c1-16(2,10-18)20(3)14(23)9-24-15-19-8-13(22)21(15)12-7-5-4-6-11(12)17/h4-7H,8-9H2,1-3H3. The third-order valence-corrected chi connectivity index (χ3v) is 4.98. The van der Waals surface area contributed by atoms with Crippen LogP contribution in [0.3, 0.4) is 0 Å². The van der Waals surface area contributed by atoms with Gasteiger partial charge in [0.25, 0.3) is 5.91 Å². The summed E-state index contributed by atoms with van der Waals surface area (Å²) < 4.78 is 0. The second-order valence-electron chi connectivity index (χ2n) is 5.69. The molecule has 0 atom stereocenters. The van der Waals surface area contributed by atoms with Crippen molar-refractivity contribution in [3.05, 3.63) is 29.3 Å². The van der Waals surface area contributed by atoms with Crippen molar-refractivity contribution in [3.63, 3.8) is 0 Å². The minimum atomic E-state index is -0.895. The number of benzene rings is 1. The largest absolute Gasteiger partial charge is 0.327 e. The van der Waals surface area contributed by atoms with E-state index in [9.17, 15) is 9.59 Å². The molecule has 126 valence electrons. The lowest BCUT2D eigenvalue weighted by atomic mass is 10.1. The molecule has 0 radical (unpaired) electrons. The quantitative estimate of drug-likeness (QED) is 0.822. The summed E-state index contributed by atoms with van der Waals surface area (Å²) >= 11 is 7.32. The number of hydrogen-bond donors (Lipinski definition) is 0. The van der Waals surface area contributed by atoms with E-state index in [-0.39, 0.29) is 24.1 Å². The fraction of sp³-hybridized carbons (Fsp3) is 0.375. The van der Waals surface area contributed by atoms with Gasteiger partial charge in [-0.15, -0.1) is 0 Å². The average molecular weight is 365 g/mol. The monoisotopic (exact) mass is 364 g/mol.